The van der Waals surface area contributed by atoms with Gasteiger partial charge in [0.1, 0.15) is 0 Å². The van der Waals surface area contributed by atoms with Crippen molar-refractivity contribution in [1.29, 1.82) is 0 Å². The van der Waals surface area contributed by atoms with Gasteiger partial charge in [-0.3, -0.25) is 4.79 Å². The Labute approximate surface area is 128 Å². The summed E-state index contributed by atoms with van der Waals surface area (Å²) in [6.07, 6.45) is 1.97. The summed E-state index contributed by atoms with van der Waals surface area (Å²) in [7, 11) is 4.02. The lowest BCUT2D eigenvalue weighted by atomic mass is 10.0. The second-order valence-electron chi connectivity index (χ2n) is 6.20. The normalized spacial score (nSPS) is 12.4. The molecule has 0 heterocycles. The highest BCUT2D eigenvalue weighted by Gasteiger charge is 2.13. The van der Waals surface area contributed by atoms with Crippen LogP contribution in [0.1, 0.15) is 32.3 Å². The molecular formula is C17H28N2O2. The third-order valence-electron chi connectivity index (χ3n) is 3.51. The van der Waals surface area contributed by atoms with Crippen molar-refractivity contribution in [2.75, 3.05) is 25.5 Å². The van der Waals surface area contributed by atoms with Gasteiger partial charge in [-0.2, -0.15) is 0 Å². The molecule has 0 bridgehead atoms. The summed E-state index contributed by atoms with van der Waals surface area (Å²) in [4.78, 5) is 13.0. The lowest BCUT2D eigenvalue weighted by Gasteiger charge is -2.19. The van der Waals surface area contributed by atoms with E-state index in [1.54, 1.807) is 0 Å². The molecule has 0 fully saturated rings. The maximum Gasteiger partial charge on any atom is 0.304 e. The summed E-state index contributed by atoms with van der Waals surface area (Å²) in [5, 5.41) is 12.4. The molecule has 1 unspecified atom stereocenters. The Morgan fingerprint density at radius 3 is 2.33 bits per heavy atom. The fourth-order valence-corrected chi connectivity index (χ4v) is 2.22. The van der Waals surface area contributed by atoms with Crippen LogP contribution in [0.4, 0.5) is 5.69 Å². The lowest BCUT2D eigenvalue weighted by Crippen LogP contribution is -2.34. The molecule has 0 aliphatic heterocycles. The molecule has 1 rings (SSSR count). The van der Waals surface area contributed by atoms with E-state index in [-0.39, 0.29) is 12.5 Å². The summed E-state index contributed by atoms with van der Waals surface area (Å²) in [6, 6.07) is 8.29. The Balaban J connectivity index is 2.60. The summed E-state index contributed by atoms with van der Waals surface area (Å²) in [5.41, 5.74) is 2.32. The van der Waals surface area contributed by atoms with E-state index >= 15 is 0 Å². The number of carbonyl (C=O) groups is 1. The smallest absolute Gasteiger partial charge is 0.304 e. The van der Waals surface area contributed by atoms with Crippen LogP contribution in [-0.4, -0.2) is 37.8 Å². The minimum absolute atomic E-state index is 0.00791. The number of nitrogens with one attached hydrogen (secondary N) is 1. The zero-order valence-corrected chi connectivity index (χ0v) is 13.6. The van der Waals surface area contributed by atoms with Crippen molar-refractivity contribution >= 4 is 11.7 Å². The molecule has 21 heavy (non-hydrogen) atoms. The fourth-order valence-electron chi connectivity index (χ4n) is 2.22. The molecule has 118 valence electrons. The highest BCUT2D eigenvalue weighted by Crippen LogP contribution is 2.14. The highest BCUT2D eigenvalue weighted by atomic mass is 16.4. The van der Waals surface area contributed by atoms with Crippen molar-refractivity contribution < 1.29 is 9.90 Å². The highest BCUT2D eigenvalue weighted by molar-refractivity contribution is 5.67. The van der Waals surface area contributed by atoms with Gasteiger partial charge in [-0.05, 0) is 43.0 Å². The first kappa shape index (κ1) is 17.5. The number of hydrogen-bond donors (Lipinski definition) is 2. The number of rotatable bonds is 9. The molecule has 0 saturated carbocycles. The number of benzene rings is 1. The van der Waals surface area contributed by atoms with Crippen LogP contribution in [0.15, 0.2) is 24.3 Å². The Morgan fingerprint density at radius 1 is 1.24 bits per heavy atom. The molecule has 0 spiro atoms. The number of hydrogen-bond acceptors (Lipinski definition) is 3. The lowest BCUT2D eigenvalue weighted by molar-refractivity contribution is -0.137. The zero-order valence-electron chi connectivity index (χ0n) is 13.6. The second-order valence-corrected chi connectivity index (χ2v) is 6.20. The Morgan fingerprint density at radius 2 is 1.86 bits per heavy atom. The summed E-state index contributed by atoms with van der Waals surface area (Å²) >= 11 is 0. The zero-order chi connectivity index (χ0) is 15.8. The molecule has 0 radical (unpaired) electrons. The van der Waals surface area contributed by atoms with Crippen LogP contribution >= 0.6 is 0 Å². The van der Waals surface area contributed by atoms with Crippen LogP contribution in [-0.2, 0) is 11.2 Å². The van der Waals surface area contributed by atoms with Gasteiger partial charge in [-0.15, -0.1) is 0 Å². The van der Waals surface area contributed by atoms with Crippen molar-refractivity contribution in [2.45, 2.75) is 39.2 Å². The standard InChI is InChI=1S/C17H28N2O2/c1-13(2)9-10-18-15(12-17(20)21)11-14-5-7-16(8-6-14)19(3)4/h5-8,13,15,18H,9-12H2,1-4H3,(H,20,21). The molecule has 0 aliphatic rings. The maximum absolute atomic E-state index is 11.0. The maximum atomic E-state index is 11.0. The van der Waals surface area contributed by atoms with Crippen LogP contribution in [0.3, 0.4) is 0 Å². The Hall–Kier alpha value is -1.55. The van der Waals surface area contributed by atoms with Crippen LogP contribution in [0.2, 0.25) is 0 Å². The van der Waals surface area contributed by atoms with Gasteiger partial charge in [-0.1, -0.05) is 26.0 Å². The van der Waals surface area contributed by atoms with E-state index in [1.807, 2.05) is 14.1 Å². The topological polar surface area (TPSA) is 52.6 Å². The summed E-state index contributed by atoms with van der Waals surface area (Å²) in [5.74, 6) is -0.121. The van der Waals surface area contributed by atoms with Gasteiger partial charge in [0.25, 0.3) is 0 Å². The molecule has 1 atom stereocenters. The van der Waals surface area contributed by atoms with Gasteiger partial charge in [0.05, 0.1) is 6.42 Å². The number of carboxylic acids is 1. The number of nitrogens with zero attached hydrogens (tertiary/aromatic N) is 1. The van der Waals surface area contributed by atoms with E-state index in [1.165, 1.54) is 5.56 Å². The third kappa shape index (κ3) is 7.14. The number of anilines is 1. The fraction of sp³-hybridized carbons (Fsp3) is 0.588. The minimum atomic E-state index is -0.748. The van der Waals surface area contributed by atoms with E-state index in [0.29, 0.717) is 5.92 Å². The molecule has 1 aromatic rings. The molecule has 1 aromatic carbocycles. The molecular weight excluding hydrogens is 264 g/mol. The SMILES string of the molecule is CC(C)CCNC(CC(=O)O)Cc1ccc(N(C)C)cc1. The molecule has 2 N–H and O–H groups in total. The van der Waals surface area contributed by atoms with Crippen LogP contribution in [0.25, 0.3) is 0 Å². The quantitative estimate of drug-likeness (QED) is 0.735. The van der Waals surface area contributed by atoms with Crippen molar-refractivity contribution in [3.05, 3.63) is 29.8 Å². The monoisotopic (exact) mass is 292 g/mol. The molecule has 4 nitrogen and oxygen atoms in total. The Bertz CT molecular complexity index is 427. The molecule has 0 aliphatic carbocycles. The minimum Gasteiger partial charge on any atom is -0.481 e. The van der Waals surface area contributed by atoms with Crippen molar-refractivity contribution in [2.24, 2.45) is 5.92 Å². The van der Waals surface area contributed by atoms with Crippen LogP contribution < -0.4 is 10.2 Å². The summed E-state index contributed by atoms with van der Waals surface area (Å²) in [6.45, 7) is 5.22. The van der Waals surface area contributed by atoms with Gasteiger partial charge >= 0.3 is 5.97 Å². The van der Waals surface area contributed by atoms with E-state index < -0.39 is 5.97 Å². The van der Waals surface area contributed by atoms with E-state index in [4.69, 9.17) is 5.11 Å². The van der Waals surface area contributed by atoms with Crippen molar-refractivity contribution in [1.82, 2.24) is 5.32 Å². The van der Waals surface area contributed by atoms with Gasteiger partial charge in [0, 0.05) is 25.8 Å². The predicted molar refractivity (Wildman–Crippen MR) is 88.0 cm³/mol. The number of carboxylic acid groups (broad SMARTS) is 1. The van der Waals surface area contributed by atoms with Gasteiger partial charge in [0.2, 0.25) is 0 Å². The first-order chi connectivity index (χ1) is 9.88. The summed E-state index contributed by atoms with van der Waals surface area (Å²) < 4.78 is 0. The van der Waals surface area contributed by atoms with E-state index in [0.717, 1.165) is 25.1 Å². The van der Waals surface area contributed by atoms with Crippen molar-refractivity contribution in [3.63, 3.8) is 0 Å². The van der Waals surface area contributed by atoms with E-state index in [2.05, 4.69) is 48.3 Å². The van der Waals surface area contributed by atoms with E-state index in [9.17, 15) is 4.79 Å². The molecule has 0 amide bonds. The van der Waals surface area contributed by atoms with Gasteiger partial charge < -0.3 is 15.3 Å². The predicted octanol–water partition coefficient (Wildman–Crippen LogP) is 2.77. The second kappa shape index (κ2) is 8.67. The third-order valence-corrected chi connectivity index (χ3v) is 3.51. The largest absolute Gasteiger partial charge is 0.481 e. The van der Waals surface area contributed by atoms with Gasteiger partial charge in [0.15, 0.2) is 0 Å². The van der Waals surface area contributed by atoms with Crippen molar-refractivity contribution in [3.8, 4) is 0 Å². The Kier molecular flexibility index (Phi) is 7.23. The first-order valence-electron chi connectivity index (χ1n) is 7.60. The van der Waals surface area contributed by atoms with Crippen LogP contribution in [0, 0.1) is 5.92 Å². The first-order valence-corrected chi connectivity index (χ1v) is 7.60. The molecule has 0 saturated heterocycles. The number of aliphatic carboxylic acids is 1. The molecule has 0 aromatic heterocycles. The molecule has 4 heteroatoms. The van der Waals surface area contributed by atoms with Crippen LogP contribution in [0.5, 0.6) is 0 Å². The average Bonchev–Trinajstić information content (AvgIpc) is 2.38. The average molecular weight is 292 g/mol. The van der Waals surface area contributed by atoms with Gasteiger partial charge in [-0.25, -0.2) is 0 Å².